The summed E-state index contributed by atoms with van der Waals surface area (Å²) in [5, 5.41) is 8.81. The highest BCUT2D eigenvalue weighted by Gasteiger charge is 2.59. The van der Waals surface area contributed by atoms with Gasteiger partial charge >= 0.3 is 5.97 Å². The fourth-order valence-electron chi connectivity index (χ4n) is 5.60. The summed E-state index contributed by atoms with van der Waals surface area (Å²) in [5.74, 6) is 0.807. The monoisotopic (exact) mass is 306 g/mol. The maximum Gasteiger partial charge on any atom is 0.303 e. The highest BCUT2D eigenvalue weighted by atomic mass is 16.4. The summed E-state index contributed by atoms with van der Waals surface area (Å²) in [6.45, 7) is 2.07. The maximum absolute atomic E-state index is 12.8. The van der Waals surface area contributed by atoms with Crippen LogP contribution < -0.4 is 0 Å². The van der Waals surface area contributed by atoms with E-state index in [1.807, 2.05) is 0 Å². The normalized spacial score (nSPS) is 41.1. The third-order valence-corrected chi connectivity index (χ3v) is 6.75. The quantitative estimate of drug-likeness (QED) is 0.865. The summed E-state index contributed by atoms with van der Waals surface area (Å²) >= 11 is 0. The molecule has 0 amide bonds. The van der Waals surface area contributed by atoms with Gasteiger partial charge < -0.3 is 5.11 Å². The van der Waals surface area contributed by atoms with Crippen LogP contribution in [0.25, 0.3) is 0 Å². The molecule has 3 saturated carbocycles. The molecule has 3 fully saturated rings. The first kappa shape index (κ1) is 15.7. The van der Waals surface area contributed by atoms with Crippen LogP contribution in [0.15, 0.2) is 0 Å². The second-order valence-electron chi connectivity index (χ2n) is 7.72. The summed E-state index contributed by atoms with van der Waals surface area (Å²) in [5.41, 5.74) is -0.382. The number of rotatable bonds is 4. The van der Waals surface area contributed by atoms with Gasteiger partial charge in [-0.3, -0.25) is 14.4 Å². The van der Waals surface area contributed by atoms with Gasteiger partial charge in [-0.15, -0.1) is 0 Å². The standard InChI is InChI=1S/C18H26O4/c1-18-12(5-3-7-16(21)22)8-9-13(18)17-11(10-15(18)20)4-2-6-14(17)19/h11-13,17H,2-10H2,1H3,(H,21,22). The topological polar surface area (TPSA) is 71.4 Å². The van der Waals surface area contributed by atoms with Gasteiger partial charge in [0, 0.05) is 30.6 Å². The molecular formula is C18H26O4. The highest BCUT2D eigenvalue weighted by molar-refractivity contribution is 5.91. The van der Waals surface area contributed by atoms with Gasteiger partial charge in [0.2, 0.25) is 0 Å². The van der Waals surface area contributed by atoms with Gasteiger partial charge in [0.05, 0.1) is 0 Å². The van der Waals surface area contributed by atoms with Crippen LogP contribution in [0.5, 0.6) is 0 Å². The van der Waals surface area contributed by atoms with Crippen LogP contribution in [-0.4, -0.2) is 22.6 Å². The number of Topliss-reactive ketones (excluding diaryl/α,β-unsaturated/α-hetero) is 2. The van der Waals surface area contributed by atoms with Crippen LogP contribution in [0, 0.1) is 29.1 Å². The Bertz CT molecular complexity index is 497. The number of hydrogen-bond donors (Lipinski definition) is 1. The second kappa shape index (κ2) is 5.78. The third-order valence-electron chi connectivity index (χ3n) is 6.75. The number of carboxylic acids is 1. The van der Waals surface area contributed by atoms with Crippen LogP contribution in [0.1, 0.15) is 64.7 Å². The first-order chi connectivity index (χ1) is 10.4. The average Bonchev–Trinajstić information content (AvgIpc) is 2.78. The Morgan fingerprint density at radius 1 is 1.27 bits per heavy atom. The molecule has 0 bridgehead atoms. The molecule has 5 atom stereocenters. The first-order valence-electron chi connectivity index (χ1n) is 8.72. The van der Waals surface area contributed by atoms with E-state index in [-0.39, 0.29) is 35.5 Å². The lowest BCUT2D eigenvalue weighted by molar-refractivity contribution is -0.149. The minimum absolute atomic E-state index is 0.0981. The van der Waals surface area contributed by atoms with Crippen molar-refractivity contribution in [3.63, 3.8) is 0 Å². The van der Waals surface area contributed by atoms with Crippen molar-refractivity contribution in [2.45, 2.75) is 64.7 Å². The summed E-state index contributed by atoms with van der Waals surface area (Å²) in [6, 6.07) is 0. The summed E-state index contributed by atoms with van der Waals surface area (Å²) in [6.07, 6.45) is 6.78. The molecule has 0 aliphatic heterocycles. The van der Waals surface area contributed by atoms with Crippen LogP contribution >= 0.6 is 0 Å². The number of ketones is 2. The van der Waals surface area contributed by atoms with E-state index in [1.165, 1.54) is 0 Å². The van der Waals surface area contributed by atoms with E-state index in [0.29, 0.717) is 30.8 Å². The maximum atomic E-state index is 12.8. The fourth-order valence-corrected chi connectivity index (χ4v) is 5.60. The minimum Gasteiger partial charge on any atom is -0.481 e. The molecule has 0 spiro atoms. The van der Waals surface area contributed by atoms with E-state index in [9.17, 15) is 14.4 Å². The summed E-state index contributed by atoms with van der Waals surface area (Å²) in [7, 11) is 0. The van der Waals surface area contributed by atoms with Gasteiger partial charge in [-0.05, 0) is 56.3 Å². The molecule has 5 unspecified atom stereocenters. The highest BCUT2D eigenvalue weighted by Crippen LogP contribution is 2.60. The largest absolute Gasteiger partial charge is 0.481 e. The van der Waals surface area contributed by atoms with Gasteiger partial charge in [-0.2, -0.15) is 0 Å². The molecule has 22 heavy (non-hydrogen) atoms. The lowest BCUT2D eigenvalue weighted by Gasteiger charge is -2.48. The van der Waals surface area contributed by atoms with Crippen LogP contribution in [0.4, 0.5) is 0 Å². The Kier molecular flexibility index (Phi) is 4.13. The van der Waals surface area contributed by atoms with E-state index in [0.717, 1.165) is 32.1 Å². The molecule has 1 N–H and O–H groups in total. The van der Waals surface area contributed by atoms with E-state index in [4.69, 9.17) is 5.11 Å². The Balaban J connectivity index is 1.78. The zero-order valence-electron chi connectivity index (χ0n) is 13.3. The van der Waals surface area contributed by atoms with Crippen molar-refractivity contribution in [3.8, 4) is 0 Å². The van der Waals surface area contributed by atoms with Gasteiger partial charge in [-0.25, -0.2) is 0 Å². The number of fused-ring (bicyclic) bond motifs is 3. The van der Waals surface area contributed by atoms with Crippen molar-refractivity contribution in [3.05, 3.63) is 0 Å². The van der Waals surface area contributed by atoms with Crippen LogP contribution in [-0.2, 0) is 14.4 Å². The van der Waals surface area contributed by atoms with Gasteiger partial charge in [0.1, 0.15) is 11.6 Å². The fraction of sp³-hybridized carbons (Fsp3) is 0.833. The predicted molar refractivity (Wildman–Crippen MR) is 81.3 cm³/mol. The molecule has 4 heteroatoms. The van der Waals surface area contributed by atoms with E-state index >= 15 is 0 Å². The van der Waals surface area contributed by atoms with E-state index < -0.39 is 5.97 Å². The Labute approximate surface area is 131 Å². The van der Waals surface area contributed by atoms with Crippen molar-refractivity contribution in [2.24, 2.45) is 29.1 Å². The molecule has 3 aliphatic carbocycles. The third kappa shape index (κ3) is 2.40. The lowest BCUT2D eigenvalue weighted by atomic mass is 9.54. The molecule has 0 aromatic carbocycles. The Hall–Kier alpha value is -1.19. The van der Waals surface area contributed by atoms with Crippen molar-refractivity contribution in [2.75, 3.05) is 0 Å². The molecule has 0 aromatic rings. The number of carboxylic acid groups (broad SMARTS) is 1. The van der Waals surface area contributed by atoms with Gasteiger partial charge in [0.15, 0.2) is 0 Å². The molecular weight excluding hydrogens is 280 g/mol. The van der Waals surface area contributed by atoms with E-state index in [2.05, 4.69) is 6.92 Å². The van der Waals surface area contributed by atoms with Gasteiger partial charge in [0.25, 0.3) is 0 Å². The minimum atomic E-state index is -0.766. The second-order valence-corrected chi connectivity index (χ2v) is 7.72. The van der Waals surface area contributed by atoms with Crippen molar-refractivity contribution >= 4 is 17.5 Å². The molecule has 0 saturated heterocycles. The van der Waals surface area contributed by atoms with Crippen LogP contribution in [0.3, 0.4) is 0 Å². The first-order valence-corrected chi connectivity index (χ1v) is 8.72. The Morgan fingerprint density at radius 3 is 2.77 bits per heavy atom. The number of carbonyl (C=O) groups excluding carboxylic acids is 2. The molecule has 3 aliphatic rings. The predicted octanol–water partition coefficient (Wildman–Crippen LogP) is 3.23. The lowest BCUT2D eigenvalue weighted by Crippen LogP contribution is -2.51. The molecule has 0 aromatic heterocycles. The van der Waals surface area contributed by atoms with Gasteiger partial charge in [-0.1, -0.05) is 6.92 Å². The smallest absolute Gasteiger partial charge is 0.303 e. The molecule has 4 nitrogen and oxygen atoms in total. The zero-order chi connectivity index (χ0) is 15.9. The van der Waals surface area contributed by atoms with E-state index in [1.54, 1.807) is 0 Å². The van der Waals surface area contributed by atoms with Crippen LogP contribution in [0.2, 0.25) is 0 Å². The Morgan fingerprint density at radius 2 is 2.05 bits per heavy atom. The molecule has 0 radical (unpaired) electrons. The van der Waals surface area contributed by atoms with Crippen molar-refractivity contribution in [1.29, 1.82) is 0 Å². The average molecular weight is 306 g/mol. The molecule has 3 rings (SSSR count). The van der Waals surface area contributed by atoms with Crippen molar-refractivity contribution < 1.29 is 19.5 Å². The zero-order valence-corrected chi connectivity index (χ0v) is 13.3. The number of aliphatic carboxylic acids is 1. The SMILES string of the molecule is CC12C(=O)CC3CCCC(=O)C3C1CCC2CCCC(=O)O. The molecule has 0 heterocycles. The molecule has 122 valence electrons. The summed E-state index contributed by atoms with van der Waals surface area (Å²) < 4.78 is 0. The van der Waals surface area contributed by atoms with Crippen molar-refractivity contribution in [1.82, 2.24) is 0 Å². The number of hydrogen-bond acceptors (Lipinski definition) is 3. The number of carbonyl (C=O) groups is 3. The summed E-state index contributed by atoms with van der Waals surface area (Å²) in [4.78, 5) is 36.0.